The predicted molar refractivity (Wildman–Crippen MR) is 110 cm³/mol. The van der Waals surface area contributed by atoms with Gasteiger partial charge in [0.05, 0.1) is 13.2 Å². The van der Waals surface area contributed by atoms with E-state index in [-0.39, 0.29) is 0 Å². The molecule has 0 spiro atoms. The van der Waals surface area contributed by atoms with Crippen LogP contribution in [0.3, 0.4) is 0 Å². The van der Waals surface area contributed by atoms with Crippen LogP contribution in [0, 0.1) is 11.8 Å². The molecule has 2 saturated carbocycles. The molecule has 0 atom stereocenters. The van der Waals surface area contributed by atoms with Gasteiger partial charge in [0.25, 0.3) is 0 Å². The zero-order chi connectivity index (χ0) is 18.9. The lowest BCUT2D eigenvalue weighted by molar-refractivity contribution is -0.107. The first-order valence-corrected chi connectivity index (χ1v) is 10.9. The number of halogens is 1. The van der Waals surface area contributed by atoms with Gasteiger partial charge in [0.2, 0.25) is 5.24 Å². The molecule has 1 aromatic rings. The summed E-state index contributed by atoms with van der Waals surface area (Å²) in [6, 6.07) is 5.88. The average Bonchev–Trinajstić information content (AvgIpc) is 2.71. The quantitative estimate of drug-likeness (QED) is 0.381. The van der Waals surface area contributed by atoms with Crippen LogP contribution in [0.1, 0.15) is 69.8 Å². The van der Waals surface area contributed by atoms with Crippen molar-refractivity contribution in [2.45, 2.75) is 64.2 Å². The van der Waals surface area contributed by atoms with E-state index < -0.39 is 5.24 Å². The Bertz CT molecular complexity index is 629. The second-order valence-electron chi connectivity index (χ2n) is 7.97. The highest BCUT2D eigenvalue weighted by Gasteiger charge is 2.16. The SMILES string of the molecule is O=C(Cl)/C=C/c1cc(OCC2CCCCC2)ccc1OCC1CCCCC1. The summed E-state index contributed by atoms with van der Waals surface area (Å²) in [5.74, 6) is 2.91. The lowest BCUT2D eigenvalue weighted by Gasteiger charge is -2.23. The third-order valence-corrected chi connectivity index (χ3v) is 5.91. The maximum Gasteiger partial charge on any atom is 0.245 e. The molecule has 0 saturated heterocycles. The van der Waals surface area contributed by atoms with Gasteiger partial charge in [-0.3, -0.25) is 4.79 Å². The van der Waals surface area contributed by atoms with Crippen LogP contribution in [-0.2, 0) is 4.79 Å². The third kappa shape index (κ3) is 6.88. The molecule has 0 aromatic heterocycles. The number of carbonyl (C=O) groups is 1. The van der Waals surface area contributed by atoms with Gasteiger partial charge in [0.1, 0.15) is 11.5 Å². The van der Waals surface area contributed by atoms with Crippen LogP contribution in [0.2, 0.25) is 0 Å². The summed E-state index contributed by atoms with van der Waals surface area (Å²) in [4.78, 5) is 11.2. The van der Waals surface area contributed by atoms with Gasteiger partial charge in [-0.25, -0.2) is 0 Å². The molecule has 27 heavy (non-hydrogen) atoms. The van der Waals surface area contributed by atoms with E-state index in [1.165, 1.54) is 70.3 Å². The van der Waals surface area contributed by atoms with E-state index in [4.69, 9.17) is 21.1 Å². The molecule has 0 aliphatic heterocycles. The van der Waals surface area contributed by atoms with E-state index in [9.17, 15) is 4.79 Å². The second-order valence-corrected chi connectivity index (χ2v) is 8.34. The second kappa shape index (κ2) is 10.8. The van der Waals surface area contributed by atoms with E-state index >= 15 is 0 Å². The Morgan fingerprint density at radius 1 is 0.926 bits per heavy atom. The number of hydrogen-bond donors (Lipinski definition) is 0. The third-order valence-electron chi connectivity index (χ3n) is 5.78. The number of rotatable bonds is 8. The lowest BCUT2D eigenvalue weighted by Crippen LogP contribution is -2.16. The van der Waals surface area contributed by atoms with Gasteiger partial charge in [-0.2, -0.15) is 0 Å². The molecule has 2 fully saturated rings. The molecule has 2 aliphatic rings. The number of benzene rings is 1. The molecule has 0 N–H and O–H groups in total. The van der Waals surface area contributed by atoms with Gasteiger partial charge in [-0.1, -0.05) is 38.5 Å². The lowest BCUT2D eigenvalue weighted by atomic mass is 9.90. The van der Waals surface area contributed by atoms with Gasteiger partial charge in [-0.15, -0.1) is 0 Å². The Balaban J connectivity index is 1.63. The predicted octanol–water partition coefficient (Wildman–Crippen LogP) is 6.38. The van der Waals surface area contributed by atoms with Crippen LogP contribution in [0.4, 0.5) is 0 Å². The summed E-state index contributed by atoms with van der Waals surface area (Å²) >= 11 is 5.48. The van der Waals surface area contributed by atoms with Gasteiger partial charge in [0, 0.05) is 5.56 Å². The van der Waals surface area contributed by atoms with Crippen LogP contribution >= 0.6 is 11.6 Å². The standard InChI is InChI=1S/C23H31ClO3/c24-23(25)14-11-20-15-21(26-16-18-7-3-1-4-8-18)12-13-22(20)27-17-19-9-5-2-6-10-19/h11-15,18-19H,1-10,16-17H2/b14-11+. The highest BCUT2D eigenvalue weighted by Crippen LogP contribution is 2.30. The Kier molecular flexibility index (Phi) is 8.07. The zero-order valence-corrected chi connectivity index (χ0v) is 16.9. The molecule has 4 heteroatoms. The Labute approximate surface area is 168 Å². The molecule has 3 rings (SSSR count). The van der Waals surface area contributed by atoms with Crippen molar-refractivity contribution < 1.29 is 14.3 Å². The number of ether oxygens (including phenoxy) is 2. The highest BCUT2D eigenvalue weighted by atomic mass is 35.5. The summed E-state index contributed by atoms with van der Waals surface area (Å²) in [5, 5.41) is -0.484. The number of allylic oxidation sites excluding steroid dienone is 1. The molecule has 0 amide bonds. The first-order valence-electron chi connectivity index (χ1n) is 10.5. The topological polar surface area (TPSA) is 35.5 Å². The molecule has 148 valence electrons. The molecule has 2 aliphatic carbocycles. The number of carbonyl (C=O) groups excluding carboxylic acids is 1. The van der Waals surface area contributed by atoms with Crippen molar-refractivity contribution >= 4 is 22.9 Å². The van der Waals surface area contributed by atoms with Crippen molar-refractivity contribution in [3.8, 4) is 11.5 Å². The van der Waals surface area contributed by atoms with Crippen LogP contribution < -0.4 is 9.47 Å². The normalized spacial score (nSPS) is 19.3. The maximum atomic E-state index is 11.2. The molecule has 1 aromatic carbocycles. The summed E-state index contributed by atoms with van der Waals surface area (Å²) < 4.78 is 12.1. The van der Waals surface area contributed by atoms with E-state index in [2.05, 4.69) is 0 Å². The fourth-order valence-corrected chi connectivity index (χ4v) is 4.23. The van der Waals surface area contributed by atoms with Crippen molar-refractivity contribution in [1.82, 2.24) is 0 Å². The van der Waals surface area contributed by atoms with E-state index in [0.29, 0.717) is 11.8 Å². The molecule has 0 radical (unpaired) electrons. The van der Waals surface area contributed by atoms with E-state index in [1.54, 1.807) is 6.08 Å². The van der Waals surface area contributed by atoms with Crippen molar-refractivity contribution in [2.24, 2.45) is 11.8 Å². The monoisotopic (exact) mass is 390 g/mol. The minimum Gasteiger partial charge on any atom is -0.493 e. The summed E-state index contributed by atoms with van der Waals surface area (Å²) in [7, 11) is 0. The largest absolute Gasteiger partial charge is 0.493 e. The average molecular weight is 391 g/mol. The molecule has 3 nitrogen and oxygen atoms in total. The smallest absolute Gasteiger partial charge is 0.245 e. The van der Waals surface area contributed by atoms with Crippen molar-refractivity contribution in [1.29, 1.82) is 0 Å². The van der Waals surface area contributed by atoms with Gasteiger partial charge >= 0.3 is 0 Å². The van der Waals surface area contributed by atoms with Crippen molar-refractivity contribution in [3.05, 3.63) is 29.8 Å². The minimum atomic E-state index is -0.484. The zero-order valence-electron chi connectivity index (χ0n) is 16.1. The van der Waals surface area contributed by atoms with Gasteiger partial charge < -0.3 is 9.47 Å². The molecular weight excluding hydrogens is 360 g/mol. The molecule has 0 bridgehead atoms. The van der Waals surface area contributed by atoms with E-state index in [0.717, 1.165) is 30.3 Å². The summed E-state index contributed by atoms with van der Waals surface area (Å²) in [6.45, 7) is 1.50. The van der Waals surface area contributed by atoms with Crippen molar-refractivity contribution in [3.63, 3.8) is 0 Å². The molecule has 0 unspecified atom stereocenters. The molecular formula is C23H31ClO3. The minimum absolute atomic E-state index is 0.484. The van der Waals surface area contributed by atoms with Gasteiger partial charge in [-0.05, 0) is 79.5 Å². The maximum absolute atomic E-state index is 11.2. The first-order chi connectivity index (χ1) is 13.2. The molecule has 0 heterocycles. The van der Waals surface area contributed by atoms with E-state index in [1.807, 2.05) is 18.2 Å². The fraction of sp³-hybridized carbons (Fsp3) is 0.609. The number of hydrogen-bond acceptors (Lipinski definition) is 3. The summed E-state index contributed by atoms with van der Waals surface area (Å²) in [5.41, 5.74) is 0.848. The van der Waals surface area contributed by atoms with Crippen LogP contribution in [0.25, 0.3) is 6.08 Å². The Morgan fingerprint density at radius 3 is 2.11 bits per heavy atom. The summed E-state index contributed by atoms with van der Waals surface area (Å²) in [6.07, 6.45) is 16.0. The van der Waals surface area contributed by atoms with Crippen LogP contribution in [0.15, 0.2) is 24.3 Å². The fourth-order valence-electron chi connectivity index (χ4n) is 4.16. The first kappa shape index (κ1) is 20.3. The Morgan fingerprint density at radius 2 is 1.52 bits per heavy atom. The van der Waals surface area contributed by atoms with Gasteiger partial charge in [0.15, 0.2) is 0 Å². The van der Waals surface area contributed by atoms with Crippen LogP contribution in [-0.4, -0.2) is 18.5 Å². The van der Waals surface area contributed by atoms with Crippen LogP contribution in [0.5, 0.6) is 11.5 Å². The highest BCUT2D eigenvalue weighted by molar-refractivity contribution is 6.66. The Hall–Kier alpha value is -1.48. The van der Waals surface area contributed by atoms with Crippen molar-refractivity contribution in [2.75, 3.05) is 13.2 Å².